The average molecular weight is 560 g/mol. The van der Waals surface area contributed by atoms with Gasteiger partial charge in [0.1, 0.15) is 5.82 Å². The van der Waals surface area contributed by atoms with Crippen molar-refractivity contribution in [2.75, 3.05) is 0 Å². The molecule has 0 saturated heterocycles. The first-order valence-corrected chi connectivity index (χ1v) is 12.3. The van der Waals surface area contributed by atoms with E-state index >= 15 is 0 Å². The first kappa shape index (κ1) is 29.0. The molecule has 1 unspecified atom stereocenters. The van der Waals surface area contributed by atoms with Crippen LogP contribution in [0.15, 0.2) is 97.1 Å². The first-order chi connectivity index (χ1) is 18.8. The third-order valence-corrected chi connectivity index (χ3v) is 6.40. The molecule has 9 heteroatoms. The van der Waals surface area contributed by atoms with E-state index in [-0.39, 0.29) is 35.7 Å². The Labute approximate surface area is 226 Å². The van der Waals surface area contributed by atoms with Crippen LogP contribution in [-0.4, -0.2) is 11.8 Å². The van der Waals surface area contributed by atoms with E-state index in [1.807, 2.05) is 67.6 Å². The monoisotopic (exact) mass is 559 g/mol. The Morgan fingerprint density at radius 1 is 0.700 bits per heavy atom. The third-order valence-electron chi connectivity index (χ3n) is 6.40. The number of nitrogens with one attached hydrogen (secondary N) is 1. The number of hydrogen-bond acceptors (Lipinski definition) is 2. The van der Waals surface area contributed by atoms with Crippen molar-refractivity contribution < 1.29 is 35.5 Å². The van der Waals surface area contributed by atoms with Crippen LogP contribution in [0.3, 0.4) is 0 Å². The van der Waals surface area contributed by atoms with Crippen LogP contribution in [0.4, 0.5) is 30.7 Å². The Morgan fingerprint density at radius 3 is 1.68 bits per heavy atom. The van der Waals surface area contributed by atoms with Crippen LogP contribution in [-0.2, 0) is 18.8 Å². The van der Waals surface area contributed by atoms with Gasteiger partial charge < -0.3 is 5.32 Å². The summed E-state index contributed by atoms with van der Waals surface area (Å²) in [5, 5.41) is 3.45. The van der Waals surface area contributed by atoms with E-state index in [0.29, 0.717) is 12.1 Å². The highest BCUT2D eigenvalue weighted by Crippen LogP contribution is 2.37. The molecule has 1 atom stereocenters. The van der Waals surface area contributed by atoms with Crippen molar-refractivity contribution in [3.8, 4) is 0 Å². The summed E-state index contributed by atoms with van der Waals surface area (Å²) in [6.07, 6.45) is -10.1. The molecule has 0 aromatic heterocycles. The maximum atomic E-state index is 14.8. The van der Waals surface area contributed by atoms with Gasteiger partial charge in [0.05, 0.1) is 17.2 Å². The Bertz CT molecular complexity index is 1390. The minimum Gasteiger partial charge on any atom is -0.303 e. The van der Waals surface area contributed by atoms with E-state index < -0.39 is 40.6 Å². The zero-order valence-electron chi connectivity index (χ0n) is 21.2. The molecule has 0 saturated carbocycles. The molecule has 0 aliphatic carbocycles. The second-order valence-electron chi connectivity index (χ2n) is 9.46. The van der Waals surface area contributed by atoms with Gasteiger partial charge in [0.2, 0.25) is 0 Å². The Balaban J connectivity index is 1.61. The van der Waals surface area contributed by atoms with Crippen LogP contribution in [0.1, 0.15) is 56.7 Å². The number of carbonyl (C=O) groups excluding carboxylic acids is 1. The van der Waals surface area contributed by atoms with E-state index in [9.17, 15) is 35.5 Å². The quantitative estimate of drug-likeness (QED) is 0.174. The molecule has 0 aliphatic rings. The summed E-state index contributed by atoms with van der Waals surface area (Å²) in [5.41, 5.74) is -2.19. The van der Waals surface area contributed by atoms with Crippen molar-refractivity contribution in [1.82, 2.24) is 5.32 Å². The fourth-order valence-electron chi connectivity index (χ4n) is 4.47. The van der Waals surface area contributed by atoms with E-state index in [4.69, 9.17) is 0 Å². The average Bonchev–Trinajstić information content (AvgIpc) is 2.92. The van der Waals surface area contributed by atoms with Gasteiger partial charge in [-0.2, -0.15) is 26.3 Å². The number of ketones is 1. The van der Waals surface area contributed by atoms with E-state index in [1.165, 1.54) is 6.07 Å². The van der Waals surface area contributed by atoms with Crippen molar-refractivity contribution in [3.05, 3.63) is 142 Å². The second-order valence-corrected chi connectivity index (χ2v) is 9.46. The van der Waals surface area contributed by atoms with Gasteiger partial charge in [-0.05, 0) is 66.4 Å². The summed E-state index contributed by atoms with van der Waals surface area (Å²) in [4.78, 5) is 13.0. The molecule has 1 N–H and O–H groups in total. The normalized spacial score (nSPS) is 12.9. The van der Waals surface area contributed by atoms with Gasteiger partial charge in [0.15, 0.2) is 5.78 Å². The predicted octanol–water partition coefficient (Wildman–Crippen LogP) is 8.40. The summed E-state index contributed by atoms with van der Waals surface area (Å²) >= 11 is 0. The Kier molecular flexibility index (Phi) is 8.44. The largest absolute Gasteiger partial charge is 0.416 e. The molecule has 0 spiro atoms. The number of benzene rings is 4. The summed E-state index contributed by atoms with van der Waals surface area (Å²) in [7, 11) is 0. The summed E-state index contributed by atoms with van der Waals surface area (Å²) in [6.45, 7) is 1.81. The van der Waals surface area contributed by atoms with Gasteiger partial charge in [-0.1, -0.05) is 60.7 Å². The van der Waals surface area contributed by atoms with Gasteiger partial charge >= 0.3 is 12.4 Å². The van der Waals surface area contributed by atoms with Crippen molar-refractivity contribution >= 4 is 5.78 Å². The fraction of sp³-hybridized carbons (Fsp3) is 0.194. The maximum absolute atomic E-state index is 14.8. The lowest BCUT2D eigenvalue weighted by Crippen LogP contribution is -2.33. The molecular formula is C31H24F7NO. The SMILES string of the molecule is CC(Cc1cc(C(=O)c2cc(C(F)(F)F)cc(C(F)(F)F)c2)ccc1F)NC(c1ccccc1)c1ccccc1. The van der Waals surface area contributed by atoms with Crippen LogP contribution < -0.4 is 5.32 Å². The standard InChI is InChI=1S/C31H24F7NO/c1-19(39-28(20-8-4-2-5-9-20)21-10-6-3-7-11-21)14-23-15-22(12-13-27(23)32)29(40)24-16-25(30(33,34)35)18-26(17-24)31(36,37)38/h2-13,15-19,28,39H,14H2,1H3. The Morgan fingerprint density at radius 2 is 1.20 bits per heavy atom. The van der Waals surface area contributed by atoms with Crippen LogP contribution in [0.5, 0.6) is 0 Å². The number of carbonyl (C=O) groups is 1. The molecule has 4 aromatic rings. The minimum absolute atomic E-state index is 0.0455. The fourth-order valence-corrected chi connectivity index (χ4v) is 4.47. The van der Waals surface area contributed by atoms with Crippen LogP contribution >= 0.6 is 0 Å². The van der Waals surface area contributed by atoms with Gasteiger partial charge in [-0.25, -0.2) is 4.39 Å². The van der Waals surface area contributed by atoms with Crippen LogP contribution in [0, 0.1) is 5.82 Å². The first-order valence-electron chi connectivity index (χ1n) is 12.3. The molecule has 0 aliphatic heterocycles. The molecule has 0 radical (unpaired) electrons. The maximum Gasteiger partial charge on any atom is 0.416 e. The molecule has 0 bridgehead atoms. The van der Waals surface area contributed by atoms with Gasteiger partial charge in [-0.15, -0.1) is 0 Å². The topological polar surface area (TPSA) is 29.1 Å². The molecule has 2 nitrogen and oxygen atoms in total. The van der Waals surface area contributed by atoms with Crippen molar-refractivity contribution in [1.29, 1.82) is 0 Å². The smallest absolute Gasteiger partial charge is 0.303 e. The molecule has 0 amide bonds. The van der Waals surface area contributed by atoms with E-state index in [1.54, 1.807) is 0 Å². The summed E-state index contributed by atoms with van der Waals surface area (Å²) in [5.74, 6) is -1.73. The van der Waals surface area contributed by atoms with Crippen LogP contribution in [0.25, 0.3) is 0 Å². The number of alkyl halides is 6. The van der Waals surface area contributed by atoms with Crippen molar-refractivity contribution in [3.63, 3.8) is 0 Å². The lowest BCUT2D eigenvalue weighted by atomic mass is 9.94. The summed E-state index contributed by atoms with van der Waals surface area (Å²) < 4.78 is 94.4. The molecule has 4 aromatic carbocycles. The summed E-state index contributed by atoms with van der Waals surface area (Å²) in [6, 6.07) is 22.4. The van der Waals surface area contributed by atoms with Gasteiger partial charge in [0, 0.05) is 17.2 Å². The molecular weight excluding hydrogens is 535 g/mol. The van der Waals surface area contributed by atoms with Gasteiger partial charge in [0.25, 0.3) is 0 Å². The zero-order valence-corrected chi connectivity index (χ0v) is 21.2. The van der Waals surface area contributed by atoms with Crippen LogP contribution in [0.2, 0.25) is 0 Å². The van der Waals surface area contributed by atoms with E-state index in [2.05, 4.69) is 5.32 Å². The molecule has 0 heterocycles. The highest BCUT2D eigenvalue weighted by Gasteiger charge is 2.37. The number of rotatable bonds is 8. The zero-order chi connectivity index (χ0) is 29.1. The predicted molar refractivity (Wildman–Crippen MR) is 137 cm³/mol. The van der Waals surface area contributed by atoms with E-state index in [0.717, 1.165) is 23.3 Å². The molecule has 208 valence electrons. The Hall–Kier alpha value is -3.98. The highest BCUT2D eigenvalue weighted by atomic mass is 19.4. The van der Waals surface area contributed by atoms with Crippen molar-refractivity contribution in [2.45, 2.75) is 37.8 Å². The second kappa shape index (κ2) is 11.6. The minimum atomic E-state index is -5.10. The van der Waals surface area contributed by atoms with Gasteiger partial charge in [-0.3, -0.25) is 4.79 Å². The molecule has 0 fully saturated rings. The lowest BCUT2D eigenvalue weighted by Gasteiger charge is -2.25. The molecule has 4 rings (SSSR count). The van der Waals surface area contributed by atoms with Crippen molar-refractivity contribution in [2.24, 2.45) is 0 Å². The lowest BCUT2D eigenvalue weighted by molar-refractivity contribution is -0.143. The number of hydrogen-bond donors (Lipinski definition) is 1. The number of halogens is 7. The highest BCUT2D eigenvalue weighted by molar-refractivity contribution is 6.09. The molecule has 40 heavy (non-hydrogen) atoms. The third kappa shape index (κ3) is 6.96.